The number of urea groups is 1. The predicted molar refractivity (Wildman–Crippen MR) is 72.2 cm³/mol. The summed E-state index contributed by atoms with van der Waals surface area (Å²) in [5, 5.41) is 11.9. The highest BCUT2D eigenvalue weighted by molar-refractivity contribution is 5.91. The second kappa shape index (κ2) is 5.30. The van der Waals surface area contributed by atoms with E-state index < -0.39 is 11.4 Å². The van der Waals surface area contributed by atoms with Gasteiger partial charge in [-0.25, -0.2) is 4.79 Å². The molecule has 2 amide bonds. The van der Waals surface area contributed by atoms with Crippen molar-refractivity contribution in [1.82, 2.24) is 5.32 Å². The zero-order chi connectivity index (χ0) is 13.9. The zero-order valence-electron chi connectivity index (χ0n) is 10.9. The number of nitrogens with zero attached hydrogens (tertiary/aromatic N) is 1. The number of amides is 2. The first kappa shape index (κ1) is 13.4. The second-order valence-electron chi connectivity index (χ2n) is 4.99. The number of carboxylic acids is 1. The molecule has 2 N–H and O–H groups in total. The molecule has 0 unspecified atom stereocenters. The van der Waals surface area contributed by atoms with E-state index in [0.29, 0.717) is 12.8 Å². The molecule has 0 spiro atoms. The standard InChI is InChI=1S/C14H18N2O3/c1-16(11-6-3-2-4-7-11)13(19)15-10-14(12(17)18)8-5-9-14/h2-4,6-7H,5,8-10H2,1H3,(H,15,19)(H,17,18). The van der Waals surface area contributed by atoms with Gasteiger partial charge in [0.1, 0.15) is 0 Å². The summed E-state index contributed by atoms with van der Waals surface area (Å²) >= 11 is 0. The molecule has 1 aliphatic rings. The van der Waals surface area contributed by atoms with Gasteiger partial charge in [0.05, 0.1) is 5.41 Å². The van der Waals surface area contributed by atoms with Gasteiger partial charge in [-0.15, -0.1) is 0 Å². The van der Waals surface area contributed by atoms with Crippen LogP contribution in [0, 0.1) is 5.41 Å². The van der Waals surface area contributed by atoms with Gasteiger partial charge >= 0.3 is 12.0 Å². The van der Waals surface area contributed by atoms with Gasteiger partial charge in [-0.2, -0.15) is 0 Å². The average Bonchev–Trinajstić information content (AvgIpc) is 2.37. The number of hydrogen-bond donors (Lipinski definition) is 2. The molecule has 1 fully saturated rings. The maximum Gasteiger partial charge on any atom is 0.321 e. The van der Waals surface area contributed by atoms with Gasteiger partial charge in [0, 0.05) is 19.3 Å². The molecule has 0 aliphatic heterocycles. The van der Waals surface area contributed by atoms with E-state index in [2.05, 4.69) is 5.32 Å². The molecule has 0 saturated heterocycles. The minimum atomic E-state index is -0.818. The number of carboxylic acid groups (broad SMARTS) is 1. The van der Waals surface area contributed by atoms with Gasteiger partial charge in [-0.3, -0.25) is 9.69 Å². The largest absolute Gasteiger partial charge is 0.481 e. The van der Waals surface area contributed by atoms with Gasteiger partial charge in [-0.05, 0) is 25.0 Å². The number of nitrogens with one attached hydrogen (secondary N) is 1. The van der Waals surface area contributed by atoms with Crippen LogP contribution in [0.5, 0.6) is 0 Å². The lowest BCUT2D eigenvalue weighted by Crippen LogP contribution is -2.50. The predicted octanol–water partition coefficient (Wildman–Crippen LogP) is 2.09. The van der Waals surface area contributed by atoms with Crippen molar-refractivity contribution in [3.63, 3.8) is 0 Å². The minimum absolute atomic E-state index is 0.193. The summed E-state index contributed by atoms with van der Waals surface area (Å²) < 4.78 is 0. The van der Waals surface area contributed by atoms with E-state index in [4.69, 9.17) is 0 Å². The van der Waals surface area contributed by atoms with Gasteiger partial charge in [0.15, 0.2) is 0 Å². The highest BCUT2D eigenvalue weighted by atomic mass is 16.4. The van der Waals surface area contributed by atoms with Crippen LogP contribution < -0.4 is 10.2 Å². The van der Waals surface area contributed by atoms with E-state index in [1.165, 1.54) is 4.90 Å². The van der Waals surface area contributed by atoms with E-state index in [1.54, 1.807) is 7.05 Å². The number of benzene rings is 1. The fourth-order valence-electron chi connectivity index (χ4n) is 2.20. The Hall–Kier alpha value is -2.04. The molecular formula is C14H18N2O3. The summed E-state index contributed by atoms with van der Waals surface area (Å²) in [5.41, 5.74) is 0.0192. The summed E-state index contributed by atoms with van der Waals surface area (Å²) in [6.07, 6.45) is 2.19. The quantitative estimate of drug-likeness (QED) is 0.873. The third-order valence-electron chi connectivity index (χ3n) is 3.79. The molecule has 102 valence electrons. The van der Waals surface area contributed by atoms with Gasteiger partial charge in [-0.1, -0.05) is 24.6 Å². The van der Waals surface area contributed by atoms with Crippen LogP contribution in [0.4, 0.5) is 10.5 Å². The Morgan fingerprint density at radius 2 is 1.95 bits per heavy atom. The topological polar surface area (TPSA) is 69.6 Å². The monoisotopic (exact) mass is 262 g/mol. The smallest absolute Gasteiger partial charge is 0.321 e. The third-order valence-corrected chi connectivity index (χ3v) is 3.79. The molecule has 1 aromatic rings. The van der Waals surface area contributed by atoms with Crippen LogP contribution >= 0.6 is 0 Å². The van der Waals surface area contributed by atoms with Crippen LogP contribution in [0.1, 0.15) is 19.3 Å². The third kappa shape index (κ3) is 2.70. The Balaban J connectivity index is 1.93. The number of rotatable bonds is 4. The molecular weight excluding hydrogens is 244 g/mol. The van der Waals surface area contributed by atoms with Crippen molar-refractivity contribution >= 4 is 17.7 Å². The number of carbonyl (C=O) groups is 2. The van der Waals surface area contributed by atoms with Crippen molar-refractivity contribution in [1.29, 1.82) is 0 Å². The van der Waals surface area contributed by atoms with Gasteiger partial charge in [0.25, 0.3) is 0 Å². The van der Waals surface area contributed by atoms with E-state index in [0.717, 1.165) is 12.1 Å². The van der Waals surface area contributed by atoms with Gasteiger partial charge < -0.3 is 10.4 Å². The highest BCUT2D eigenvalue weighted by Crippen LogP contribution is 2.40. The van der Waals surface area contributed by atoms with Crippen molar-refractivity contribution in [2.45, 2.75) is 19.3 Å². The van der Waals surface area contributed by atoms with Gasteiger partial charge in [0.2, 0.25) is 0 Å². The number of aliphatic carboxylic acids is 1. The van der Waals surface area contributed by atoms with Crippen molar-refractivity contribution in [2.75, 3.05) is 18.5 Å². The fourth-order valence-corrected chi connectivity index (χ4v) is 2.20. The lowest BCUT2D eigenvalue weighted by molar-refractivity contribution is -0.153. The summed E-state index contributed by atoms with van der Waals surface area (Å²) in [6, 6.07) is 8.96. The molecule has 0 aromatic heterocycles. The molecule has 0 heterocycles. The van der Waals surface area contributed by atoms with Crippen LogP contribution in [0.15, 0.2) is 30.3 Å². The SMILES string of the molecule is CN(C(=O)NCC1(C(=O)O)CCC1)c1ccccc1. The number of para-hydroxylation sites is 1. The van der Waals surface area contributed by atoms with E-state index in [1.807, 2.05) is 30.3 Å². The first-order valence-electron chi connectivity index (χ1n) is 6.35. The van der Waals surface area contributed by atoms with Crippen LogP contribution in [0.3, 0.4) is 0 Å². The molecule has 2 rings (SSSR count). The Morgan fingerprint density at radius 1 is 1.32 bits per heavy atom. The highest BCUT2D eigenvalue weighted by Gasteiger charge is 2.44. The van der Waals surface area contributed by atoms with Crippen LogP contribution in [-0.4, -0.2) is 30.7 Å². The number of hydrogen-bond acceptors (Lipinski definition) is 2. The van der Waals surface area contributed by atoms with E-state index in [9.17, 15) is 14.7 Å². The number of carbonyl (C=O) groups excluding carboxylic acids is 1. The Morgan fingerprint density at radius 3 is 2.42 bits per heavy atom. The lowest BCUT2D eigenvalue weighted by atomic mass is 9.69. The van der Waals surface area contributed by atoms with Crippen molar-refractivity contribution in [2.24, 2.45) is 5.41 Å². The lowest BCUT2D eigenvalue weighted by Gasteiger charge is -2.37. The maximum atomic E-state index is 12.0. The second-order valence-corrected chi connectivity index (χ2v) is 4.99. The maximum absolute atomic E-state index is 12.0. The van der Waals surface area contributed by atoms with Crippen LogP contribution in [0.2, 0.25) is 0 Å². The van der Waals surface area contributed by atoms with E-state index >= 15 is 0 Å². The molecule has 0 bridgehead atoms. The molecule has 19 heavy (non-hydrogen) atoms. The summed E-state index contributed by atoms with van der Waals surface area (Å²) in [7, 11) is 1.67. The van der Waals surface area contributed by atoms with Crippen molar-refractivity contribution < 1.29 is 14.7 Å². The molecule has 0 radical (unpaired) electrons. The van der Waals surface area contributed by atoms with Crippen LogP contribution in [0.25, 0.3) is 0 Å². The number of anilines is 1. The first-order valence-corrected chi connectivity index (χ1v) is 6.35. The van der Waals surface area contributed by atoms with Crippen molar-refractivity contribution in [3.05, 3.63) is 30.3 Å². The fraction of sp³-hybridized carbons (Fsp3) is 0.429. The Bertz CT molecular complexity index is 469. The van der Waals surface area contributed by atoms with Crippen molar-refractivity contribution in [3.8, 4) is 0 Å². The normalized spacial score (nSPS) is 16.3. The summed E-state index contributed by atoms with van der Waals surface area (Å²) in [6.45, 7) is 0.193. The van der Waals surface area contributed by atoms with Crippen LogP contribution in [-0.2, 0) is 4.79 Å². The molecule has 1 saturated carbocycles. The van der Waals surface area contributed by atoms with E-state index in [-0.39, 0.29) is 12.6 Å². The zero-order valence-corrected chi connectivity index (χ0v) is 10.9. The molecule has 0 atom stereocenters. The average molecular weight is 262 g/mol. The minimum Gasteiger partial charge on any atom is -0.481 e. The molecule has 1 aliphatic carbocycles. The summed E-state index contributed by atoms with van der Waals surface area (Å²) in [4.78, 5) is 24.6. The molecule has 1 aromatic carbocycles. The summed E-state index contributed by atoms with van der Waals surface area (Å²) in [5.74, 6) is -0.818. The first-order chi connectivity index (χ1) is 9.05. The Labute approximate surface area is 112 Å². The Kier molecular flexibility index (Phi) is 3.74. The molecule has 5 heteroatoms. The molecule has 5 nitrogen and oxygen atoms in total.